The molecule has 9 heteroatoms. The Balaban J connectivity index is 1.43. The monoisotopic (exact) mass is 462 g/mol. The molecule has 6 nitrogen and oxygen atoms in total. The third kappa shape index (κ3) is 4.44. The van der Waals surface area contributed by atoms with Crippen LogP contribution in [-0.4, -0.2) is 45.5 Å². The van der Waals surface area contributed by atoms with Crippen molar-refractivity contribution in [2.24, 2.45) is 0 Å². The van der Waals surface area contributed by atoms with Gasteiger partial charge in [0.15, 0.2) is 0 Å². The SMILES string of the molecule is COc1cc(-c2ccccc2)sc1C(=O)N1CCC(NS(=O)(=O)c2cccs2)CC1. The number of carbonyl (C=O) groups excluding carboxylic acids is 1. The predicted octanol–water partition coefficient (Wildman–Crippen LogP) is 4.07. The zero-order valence-corrected chi connectivity index (χ0v) is 18.9. The summed E-state index contributed by atoms with van der Waals surface area (Å²) in [5, 5.41) is 1.74. The van der Waals surface area contributed by atoms with Crippen molar-refractivity contribution >= 4 is 38.6 Å². The maximum absolute atomic E-state index is 13.1. The summed E-state index contributed by atoms with van der Waals surface area (Å²) >= 11 is 2.62. The highest BCUT2D eigenvalue weighted by atomic mass is 32.2. The van der Waals surface area contributed by atoms with Crippen molar-refractivity contribution in [3.63, 3.8) is 0 Å². The number of ether oxygens (including phenoxy) is 1. The van der Waals surface area contributed by atoms with E-state index in [1.807, 2.05) is 36.4 Å². The molecule has 0 radical (unpaired) electrons. The van der Waals surface area contributed by atoms with Gasteiger partial charge >= 0.3 is 0 Å². The molecule has 0 bridgehead atoms. The number of likely N-dealkylation sites (tertiary alicyclic amines) is 1. The number of amides is 1. The number of sulfonamides is 1. The number of carbonyl (C=O) groups is 1. The van der Waals surface area contributed by atoms with Gasteiger partial charge in [-0.3, -0.25) is 4.79 Å². The highest BCUT2D eigenvalue weighted by Gasteiger charge is 2.29. The number of rotatable bonds is 6. The predicted molar refractivity (Wildman–Crippen MR) is 120 cm³/mol. The van der Waals surface area contributed by atoms with Crippen LogP contribution in [0.2, 0.25) is 0 Å². The number of methoxy groups -OCH3 is 1. The smallest absolute Gasteiger partial charge is 0.267 e. The lowest BCUT2D eigenvalue weighted by molar-refractivity contribution is 0.0713. The number of benzene rings is 1. The molecule has 1 fully saturated rings. The number of nitrogens with zero attached hydrogens (tertiary/aromatic N) is 1. The second-order valence-electron chi connectivity index (χ2n) is 6.99. The molecule has 0 spiro atoms. The maximum Gasteiger partial charge on any atom is 0.267 e. The van der Waals surface area contributed by atoms with E-state index in [1.54, 1.807) is 29.5 Å². The molecule has 158 valence electrons. The topological polar surface area (TPSA) is 75.7 Å². The van der Waals surface area contributed by atoms with E-state index < -0.39 is 10.0 Å². The molecule has 2 aromatic heterocycles. The molecule has 0 atom stereocenters. The van der Waals surface area contributed by atoms with Crippen molar-refractivity contribution in [3.8, 4) is 16.2 Å². The van der Waals surface area contributed by atoms with Crippen LogP contribution in [0.4, 0.5) is 0 Å². The fourth-order valence-corrected chi connectivity index (χ4v) is 6.87. The van der Waals surface area contributed by atoms with Crippen LogP contribution < -0.4 is 9.46 Å². The minimum absolute atomic E-state index is 0.0707. The molecular weight excluding hydrogens is 440 g/mol. The Bertz CT molecular complexity index is 1100. The first-order valence-electron chi connectivity index (χ1n) is 9.56. The second kappa shape index (κ2) is 8.89. The molecule has 0 aliphatic carbocycles. The Labute approximate surface area is 184 Å². The number of nitrogens with one attached hydrogen (secondary N) is 1. The fourth-order valence-electron chi connectivity index (χ4n) is 3.46. The number of hydrogen-bond donors (Lipinski definition) is 1. The van der Waals surface area contributed by atoms with Crippen LogP contribution in [0, 0.1) is 0 Å². The Hall–Kier alpha value is -2.20. The standard InChI is InChI=1S/C21H22N2O4S3/c1-27-17-14-18(15-6-3-2-4-7-15)29-20(17)21(24)23-11-9-16(10-12-23)22-30(25,26)19-8-5-13-28-19/h2-8,13-14,16,22H,9-12H2,1H3. The maximum atomic E-state index is 13.1. The summed E-state index contributed by atoms with van der Waals surface area (Å²) < 4.78 is 33.4. The highest BCUT2D eigenvalue weighted by molar-refractivity contribution is 7.91. The summed E-state index contributed by atoms with van der Waals surface area (Å²) in [6.07, 6.45) is 1.16. The number of piperidine rings is 1. The van der Waals surface area contributed by atoms with E-state index in [0.29, 0.717) is 40.8 Å². The highest BCUT2D eigenvalue weighted by Crippen LogP contribution is 2.37. The Morgan fingerprint density at radius 1 is 1.13 bits per heavy atom. The van der Waals surface area contributed by atoms with Gasteiger partial charge in [0.25, 0.3) is 5.91 Å². The molecule has 1 amide bonds. The van der Waals surface area contributed by atoms with Crippen molar-refractivity contribution in [1.82, 2.24) is 9.62 Å². The molecule has 3 heterocycles. The summed E-state index contributed by atoms with van der Waals surface area (Å²) in [7, 11) is -1.93. The van der Waals surface area contributed by atoms with Crippen molar-refractivity contribution in [1.29, 1.82) is 0 Å². The van der Waals surface area contributed by atoms with Crippen LogP contribution in [0.5, 0.6) is 5.75 Å². The van der Waals surface area contributed by atoms with Gasteiger partial charge in [-0.05, 0) is 35.9 Å². The van der Waals surface area contributed by atoms with Crippen LogP contribution in [-0.2, 0) is 10.0 Å². The van der Waals surface area contributed by atoms with E-state index in [-0.39, 0.29) is 11.9 Å². The third-order valence-electron chi connectivity index (χ3n) is 5.03. The second-order valence-corrected chi connectivity index (χ2v) is 10.9. The lowest BCUT2D eigenvalue weighted by atomic mass is 10.1. The summed E-state index contributed by atoms with van der Waals surface area (Å²) in [5.41, 5.74) is 1.04. The molecule has 30 heavy (non-hydrogen) atoms. The summed E-state index contributed by atoms with van der Waals surface area (Å²) in [6, 6.07) is 14.9. The van der Waals surface area contributed by atoms with Crippen molar-refractivity contribution in [3.05, 3.63) is 58.8 Å². The first-order valence-corrected chi connectivity index (χ1v) is 12.7. The minimum Gasteiger partial charge on any atom is -0.495 e. The van der Waals surface area contributed by atoms with Crippen LogP contribution in [0.15, 0.2) is 58.1 Å². The van der Waals surface area contributed by atoms with Gasteiger partial charge < -0.3 is 9.64 Å². The average molecular weight is 463 g/mol. The van der Waals surface area contributed by atoms with Crippen molar-refractivity contribution in [2.75, 3.05) is 20.2 Å². The van der Waals surface area contributed by atoms with Gasteiger partial charge in [0.2, 0.25) is 10.0 Å². The van der Waals surface area contributed by atoms with Crippen molar-refractivity contribution in [2.45, 2.75) is 23.1 Å². The summed E-state index contributed by atoms with van der Waals surface area (Å²) in [4.78, 5) is 16.5. The van der Waals surface area contributed by atoms with E-state index in [2.05, 4.69) is 4.72 Å². The molecule has 1 saturated heterocycles. The molecule has 0 saturated carbocycles. The van der Waals surface area contributed by atoms with Crippen LogP contribution in [0.3, 0.4) is 0 Å². The zero-order valence-electron chi connectivity index (χ0n) is 16.4. The van der Waals surface area contributed by atoms with Crippen LogP contribution in [0.25, 0.3) is 10.4 Å². The Kier molecular flexibility index (Phi) is 6.24. The summed E-state index contributed by atoms with van der Waals surface area (Å²) in [6.45, 7) is 0.996. The molecule has 4 rings (SSSR count). The zero-order chi connectivity index (χ0) is 21.1. The van der Waals surface area contributed by atoms with Gasteiger partial charge in [0, 0.05) is 24.0 Å². The lowest BCUT2D eigenvalue weighted by Crippen LogP contribution is -2.46. The molecule has 1 aromatic carbocycles. The first kappa shape index (κ1) is 21.0. The van der Waals surface area contributed by atoms with Gasteiger partial charge in [-0.2, -0.15) is 0 Å². The number of hydrogen-bond acceptors (Lipinski definition) is 6. The van der Waals surface area contributed by atoms with Gasteiger partial charge in [0.05, 0.1) is 7.11 Å². The van der Waals surface area contributed by atoms with E-state index in [1.165, 1.54) is 22.7 Å². The van der Waals surface area contributed by atoms with E-state index >= 15 is 0 Å². The first-order chi connectivity index (χ1) is 14.5. The van der Waals surface area contributed by atoms with Crippen LogP contribution in [0.1, 0.15) is 22.5 Å². The van der Waals surface area contributed by atoms with Gasteiger partial charge in [-0.25, -0.2) is 13.1 Å². The Morgan fingerprint density at radius 3 is 2.50 bits per heavy atom. The molecule has 1 aliphatic heterocycles. The average Bonchev–Trinajstić information content (AvgIpc) is 3.45. The normalized spacial score (nSPS) is 15.3. The quantitative estimate of drug-likeness (QED) is 0.599. The molecule has 1 aliphatic rings. The molecule has 1 N–H and O–H groups in total. The van der Waals surface area contributed by atoms with Crippen LogP contribution >= 0.6 is 22.7 Å². The summed E-state index contributed by atoms with van der Waals surface area (Å²) in [5.74, 6) is 0.503. The Morgan fingerprint density at radius 2 is 1.87 bits per heavy atom. The fraction of sp³-hybridized carbons (Fsp3) is 0.286. The largest absolute Gasteiger partial charge is 0.495 e. The lowest BCUT2D eigenvalue weighted by Gasteiger charge is -2.32. The van der Waals surface area contributed by atoms with E-state index in [4.69, 9.17) is 4.74 Å². The van der Waals surface area contributed by atoms with Gasteiger partial charge in [-0.15, -0.1) is 22.7 Å². The molecular formula is C21H22N2O4S3. The third-order valence-corrected chi connectivity index (χ3v) is 9.11. The van der Waals surface area contributed by atoms with Gasteiger partial charge in [0.1, 0.15) is 14.8 Å². The molecule has 0 unspecified atom stereocenters. The number of thiophene rings is 2. The van der Waals surface area contributed by atoms with E-state index in [0.717, 1.165) is 10.4 Å². The van der Waals surface area contributed by atoms with E-state index in [9.17, 15) is 13.2 Å². The molecule has 3 aromatic rings. The minimum atomic E-state index is -3.50. The van der Waals surface area contributed by atoms with Crippen molar-refractivity contribution < 1.29 is 17.9 Å². The van der Waals surface area contributed by atoms with Gasteiger partial charge in [-0.1, -0.05) is 36.4 Å².